The lowest BCUT2D eigenvalue weighted by Gasteiger charge is -2.29. The quantitative estimate of drug-likeness (QED) is 0.713. The van der Waals surface area contributed by atoms with Gasteiger partial charge in [-0.25, -0.2) is 0 Å². The molecule has 0 aromatic carbocycles. The molecular formula is C11H19NO3. The summed E-state index contributed by atoms with van der Waals surface area (Å²) in [5.74, 6) is 0.885. The van der Waals surface area contributed by atoms with Gasteiger partial charge in [0, 0.05) is 19.3 Å². The summed E-state index contributed by atoms with van der Waals surface area (Å²) in [4.78, 5) is 0. The second-order valence-corrected chi connectivity index (χ2v) is 3.90. The molecule has 1 unspecified atom stereocenters. The minimum Gasteiger partial charge on any atom is -0.468 e. The van der Waals surface area contributed by atoms with Crippen molar-refractivity contribution >= 4 is 0 Å². The minimum atomic E-state index is -0.212. The molecule has 86 valence electrons. The zero-order chi connectivity index (χ0) is 11.1. The van der Waals surface area contributed by atoms with E-state index in [4.69, 9.17) is 14.3 Å². The van der Waals surface area contributed by atoms with Gasteiger partial charge in [-0.3, -0.25) is 0 Å². The molecular weight excluding hydrogens is 194 g/mol. The van der Waals surface area contributed by atoms with E-state index in [1.54, 1.807) is 13.4 Å². The lowest BCUT2D eigenvalue weighted by atomic mass is 9.99. The highest BCUT2D eigenvalue weighted by atomic mass is 16.5. The van der Waals surface area contributed by atoms with Gasteiger partial charge in [0.05, 0.1) is 19.4 Å². The molecule has 2 N–H and O–H groups in total. The van der Waals surface area contributed by atoms with Crippen molar-refractivity contribution in [3.05, 3.63) is 24.2 Å². The highest BCUT2D eigenvalue weighted by Crippen LogP contribution is 2.11. The second-order valence-electron chi connectivity index (χ2n) is 3.90. The van der Waals surface area contributed by atoms with E-state index >= 15 is 0 Å². The molecule has 0 fully saturated rings. The van der Waals surface area contributed by atoms with Crippen LogP contribution >= 0.6 is 0 Å². The van der Waals surface area contributed by atoms with Gasteiger partial charge < -0.3 is 19.6 Å². The van der Waals surface area contributed by atoms with Crippen molar-refractivity contribution in [3.63, 3.8) is 0 Å². The van der Waals surface area contributed by atoms with Gasteiger partial charge in [0.2, 0.25) is 0 Å². The molecule has 0 radical (unpaired) electrons. The predicted octanol–water partition coefficient (Wildman–Crippen LogP) is 1.16. The lowest BCUT2D eigenvalue weighted by Crippen LogP contribution is -2.46. The third-order valence-electron chi connectivity index (χ3n) is 2.40. The Kier molecular flexibility index (Phi) is 4.81. The van der Waals surface area contributed by atoms with Gasteiger partial charge in [-0.2, -0.15) is 0 Å². The predicted molar refractivity (Wildman–Crippen MR) is 57.5 cm³/mol. The normalized spacial score (nSPS) is 15.1. The summed E-state index contributed by atoms with van der Waals surface area (Å²) in [6.45, 7) is 3.38. The average molecular weight is 213 g/mol. The van der Waals surface area contributed by atoms with Crippen LogP contribution in [-0.4, -0.2) is 31.0 Å². The molecule has 1 aromatic heterocycles. The van der Waals surface area contributed by atoms with Crippen LogP contribution in [0.2, 0.25) is 0 Å². The number of rotatable bonds is 7. The molecule has 1 aromatic rings. The molecule has 1 heterocycles. The first-order valence-electron chi connectivity index (χ1n) is 5.07. The van der Waals surface area contributed by atoms with Crippen molar-refractivity contribution < 1.29 is 14.3 Å². The number of hydrogen-bond acceptors (Lipinski definition) is 4. The third kappa shape index (κ3) is 4.03. The molecule has 4 nitrogen and oxygen atoms in total. The highest BCUT2D eigenvalue weighted by molar-refractivity contribution is 4.99. The van der Waals surface area contributed by atoms with Gasteiger partial charge in [-0.05, 0) is 25.5 Å². The largest absolute Gasteiger partial charge is 0.468 e. The van der Waals surface area contributed by atoms with E-state index in [2.05, 4.69) is 5.32 Å². The molecule has 0 aliphatic heterocycles. The monoisotopic (exact) mass is 213 g/mol. The number of nitrogens with one attached hydrogen (secondary N) is 1. The summed E-state index contributed by atoms with van der Waals surface area (Å²) in [5, 5.41) is 12.3. The van der Waals surface area contributed by atoms with Crippen LogP contribution in [0.3, 0.4) is 0 Å². The Labute approximate surface area is 90.2 Å². The molecule has 0 bridgehead atoms. The molecule has 1 atom stereocenters. The van der Waals surface area contributed by atoms with E-state index in [0.717, 1.165) is 5.76 Å². The van der Waals surface area contributed by atoms with Crippen LogP contribution in [0.15, 0.2) is 22.8 Å². The number of hydrogen-bond donors (Lipinski definition) is 2. The van der Waals surface area contributed by atoms with E-state index in [1.165, 1.54) is 0 Å². The van der Waals surface area contributed by atoms with Crippen LogP contribution in [0.1, 0.15) is 19.1 Å². The zero-order valence-electron chi connectivity index (χ0n) is 9.32. The molecule has 0 saturated carbocycles. The van der Waals surface area contributed by atoms with Crippen LogP contribution in [-0.2, 0) is 11.3 Å². The fourth-order valence-corrected chi connectivity index (χ4v) is 1.49. The standard InChI is InChI=1S/C11H19NO3/c1-11(5-6-13,9-14-2)12-8-10-4-3-7-15-10/h3-4,7,12-13H,5-6,8-9H2,1-2H3. The Bertz CT molecular complexity index is 253. The number of ether oxygens (including phenoxy) is 1. The molecule has 0 amide bonds. The van der Waals surface area contributed by atoms with Gasteiger partial charge in [-0.1, -0.05) is 0 Å². The van der Waals surface area contributed by atoms with Crippen molar-refractivity contribution in [2.24, 2.45) is 0 Å². The van der Waals surface area contributed by atoms with E-state index in [0.29, 0.717) is 19.6 Å². The van der Waals surface area contributed by atoms with E-state index in [9.17, 15) is 0 Å². The Morgan fingerprint density at radius 2 is 2.40 bits per heavy atom. The fraction of sp³-hybridized carbons (Fsp3) is 0.636. The first kappa shape index (κ1) is 12.2. The molecule has 15 heavy (non-hydrogen) atoms. The summed E-state index contributed by atoms with van der Waals surface area (Å²) in [6, 6.07) is 3.77. The van der Waals surface area contributed by atoms with E-state index in [-0.39, 0.29) is 12.1 Å². The number of aliphatic hydroxyl groups is 1. The first-order valence-corrected chi connectivity index (χ1v) is 5.07. The van der Waals surface area contributed by atoms with Crippen LogP contribution in [0.5, 0.6) is 0 Å². The number of furan rings is 1. The fourth-order valence-electron chi connectivity index (χ4n) is 1.49. The number of methoxy groups -OCH3 is 1. The van der Waals surface area contributed by atoms with Crippen LogP contribution in [0.4, 0.5) is 0 Å². The maximum Gasteiger partial charge on any atom is 0.117 e. The summed E-state index contributed by atoms with van der Waals surface area (Å²) < 4.78 is 10.3. The van der Waals surface area contributed by atoms with Gasteiger partial charge >= 0.3 is 0 Å². The second kappa shape index (κ2) is 5.90. The minimum absolute atomic E-state index is 0.144. The molecule has 0 aliphatic carbocycles. The van der Waals surface area contributed by atoms with Crippen molar-refractivity contribution in [2.45, 2.75) is 25.4 Å². The SMILES string of the molecule is COCC(C)(CCO)NCc1ccco1. The highest BCUT2D eigenvalue weighted by Gasteiger charge is 2.23. The van der Waals surface area contributed by atoms with Crippen LogP contribution in [0, 0.1) is 0 Å². The number of aliphatic hydroxyl groups excluding tert-OH is 1. The summed E-state index contributed by atoms with van der Waals surface area (Å²) >= 11 is 0. The van der Waals surface area contributed by atoms with Crippen molar-refractivity contribution in [2.75, 3.05) is 20.3 Å². The summed E-state index contributed by atoms with van der Waals surface area (Å²) in [6.07, 6.45) is 2.30. The molecule has 0 spiro atoms. The molecule has 0 aliphatic rings. The molecule has 1 rings (SSSR count). The van der Waals surface area contributed by atoms with Crippen molar-refractivity contribution in [3.8, 4) is 0 Å². The third-order valence-corrected chi connectivity index (χ3v) is 2.40. The van der Waals surface area contributed by atoms with Crippen LogP contribution < -0.4 is 5.32 Å². The Morgan fingerprint density at radius 3 is 2.93 bits per heavy atom. The van der Waals surface area contributed by atoms with Crippen LogP contribution in [0.25, 0.3) is 0 Å². The van der Waals surface area contributed by atoms with E-state index < -0.39 is 0 Å². The molecule has 4 heteroatoms. The molecule has 0 saturated heterocycles. The van der Waals surface area contributed by atoms with Gasteiger partial charge in [0.15, 0.2) is 0 Å². The average Bonchev–Trinajstić information content (AvgIpc) is 2.68. The van der Waals surface area contributed by atoms with E-state index in [1.807, 2.05) is 19.1 Å². The Morgan fingerprint density at radius 1 is 1.60 bits per heavy atom. The Balaban J connectivity index is 2.43. The van der Waals surface area contributed by atoms with Crippen molar-refractivity contribution in [1.82, 2.24) is 5.32 Å². The van der Waals surface area contributed by atoms with Crippen molar-refractivity contribution in [1.29, 1.82) is 0 Å². The van der Waals surface area contributed by atoms with Gasteiger partial charge in [-0.15, -0.1) is 0 Å². The maximum atomic E-state index is 8.97. The first-order chi connectivity index (χ1) is 7.20. The summed E-state index contributed by atoms with van der Waals surface area (Å²) in [7, 11) is 1.66. The maximum absolute atomic E-state index is 8.97. The zero-order valence-corrected chi connectivity index (χ0v) is 9.32. The summed E-state index contributed by atoms with van der Waals surface area (Å²) in [5.41, 5.74) is -0.212. The van der Waals surface area contributed by atoms with Gasteiger partial charge in [0.1, 0.15) is 5.76 Å². The van der Waals surface area contributed by atoms with Gasteiger partial charge in [0.25, 0.3) is 0 Å². The Hall–Kier alpha value is -0.840. The lowest BCUT2D eigenvalue weighted by molar-refractivity contribution is 0.0956. The topological polar surface area (TPSA) is 54.6 Å². The smallest absolute Gasteiger partial charge is 0.117 e.